The van der Waals surface area contributed by atoms with Gasteiger partial charge in [-0.15, -0.1) is 24.0 Å². The Balaban J connectivity index is 0.00000261. The highest BCUT2D eigenvalue weighted by Crippen LogP contribution is 2.27. The zero-order valence-electron chi connectivity index (χ0n) is 14.8. The number of anilines is 1. The average molecular weight is 488 g/mol. The van der Waals surface area contributed by atoms with Gasteiger partial charge in [-0.3, -0.25) is 0 Å². The smallest absolute Gasteiger partial charge is 0.272 e. The van der Waals surface area contributed by atoms with E-state index in [0.717, 1.165) is 18.5 Å². The Labute approximate surface area is 174 Å². The molecular formula is C19H23F2IN4O. The molecule has 146 valence electrons. The first-order valence-corrected chi connectivity index (χ1v) is 8.66. The standard InChI is InChI=1S/C19H22F2N4O.HI/c20-17(21)12-26-18-14(7-4-10-23-18)11-24-19(22)25-16-9-3-6-13-5-1-2-8-15(13)16;/h3-4,6-7,9-10,17H,1-2,5,8,11-12H2,(H3,22,24,25);1H. The van der Waals surface area contributed by atoms with E-state index in [2.05, 4.69) is 21.4 Å². The molecule has 8 heteroatoms. The van der Waals surface area contributed by atoms with Gasteiger partial charge in [-0.05, 0) is 48.9 Å². The fraction of sp³-hybridized carbons (Fsp3) is 0.368. The van der Waals surface area contributed by atoms with Gasteiger partial charge in [-0.25, -0.2) is 18.8 Å². The number of nitrogens with one attached hydrogen (secondary N) is 1. The van der Waals surface area contributed by atoms with E-state index in [1.54, 1.807) is 12.1 Å². The number of pyridine rings is 1. The molecule has 5 nitrogen and oxygen atoms in total. The second-order valence-corrected chi connectivity index (χ2v) is 6.15. The van der Waals surface area contributed by atoms with E-state index in [-0.39, 0.29) is 42.4 Å². The number of ether oxygens (including phenoxy) is 1. The first-order chi connectivity index (χ1) is 12.6. The lowest BCUT2D eigenvalue weighted by atomic mass is 9.90. The number of halogens is 3. The van der Waals surface area contributed by atoms with Crippen LogP contribution in [0.2, 0.25) is 0 Å². The highest BCUT2D eigenvalue weighted by atomic mass is 127. The molecule has 0 fully saturated rings. The van der Waals surface area contributed by atoms with Crippen LogP contribution in [0.25, 0.3) is 0 Å². The van der Waals surface area contributed by atoms with Crippen LogP contribution >= 0.6 is 24.0 Å². The largest absolute Gasteiger partial charge is 0.471 e. The molecule has 1 aromatic carbocycles. The first kappa shape index (κ1) is 21.3. The van der Waals surface area contributed by atoms with E-state index in [1.807, 2.05) is 12.1 Å². The van der Waals surface area contributed by atoms with E-state index >= 15 is 0 Å². The topological polar surface area (TPSA) is 72.5 Å². The molecule has 0 unspecified atom stereocenters. The molecule has 0 saturated heterocycles. The Morgan fingerprint density at radius 1 is 1.22 bits per heavy atom. The molecule has 0 radical (unpaired) electrons. The van der Waals surface area contributed by atoms with Crippen molar-refractivity contribution < 1.29 is 13.5 Å². The summed E-state index contributed by atoms with van der Waals surface area (Å²) in [5.41, 5.74) is 10.2. The molecule has 1 aromatic heterocycles. The summed E-state index contributed by atoms with van der Waals surface area (Å²) in [4.78, 5) is 8.29. The van der Waals surface area contributed by atoms with Gasteiger partial charge in [-0.2, -0.15) is 0 Å². The van der Waals surface area contributed by atoms with Gasteiger partial charge < -0.3 is 15.8 Å². The van der Waals surface area contributed by atoms with Crippen molar-refractivity contribution in [3.05, 3.63) is 53.2 Å². The predicted octanol–water partition coefficient (Wildman–Crippen LogP) is 4.15. The molecule has 1 heterocycles. The van der Waals surface area contributed by atoms with Crippen molar-refractivity contribution in [3.63, 3.8) is 0 Å². The predicted molar refractivity (Wildman–Crippen MR) is 113 cm³/mol. The van der Waals surface area contributed by atoms with Crippen molar-refractivity contribution in [1.29, 1.82) is 0 Å². The lowest BCUT2D eigenvalue weighted by Gasteiger charge is -2.19. The SMILES string of the molecule is I.NC(=NCc1cccnc1OCC(F)F)Nc1cccc2c1CCCC2. The summed E-state index contributed by atoms with van der Waals surface area (Å²) >= 11 is 0. The number of aromatic nitrogens is 1. The number of rotatable bonds is 6. The van der Waals surface area contributed by atoms with Gasteiger partial charge in [0, 0.05) is 17.4 Å². The minimum absolute atomic E-state index is 0. The van der Waals surface area contributed by atoms with Crippen molar-refractivity contribution in [2.45, 2.75) is 38.7 Å². The quantitative estimate of drug-likeness (QED) is 0.364. The third kappa shape index (κ3) is 6.02. The zero-order chi connectivity index (χ0) is 18.4. The number of benzene rings is 1. The van der Waals surface area contributed by atoms with Crippen LogP contribution in [0.5, 0.6) is 5.88 Å². The lowest BCUT2D eigenvalue weighted by Crippen LogP contribution is -2.24. The molecule has 1 aliphatic carbocycles. The first-order valence-electron chi connectivity index (χ1n) is 8.66. The molecule has 0 saturated carbocycles. The normalized spacial score (nSPS) is 13.7. The number of hydrogen-bond acceptors (Lipinski definition) is 3. The highest BCUT2D eigenvalue weighted by molar-refractivity contribution is 14.0. The van der Waals surface area contributed by atoms with Crippen molar-refractivity contribution >= 4 is 35.6 Å². The van der Waals surface area contributed by atoms with Gasteiger partial charge in [0.25, 0.3) is 6.43 Å². The Kier molecular flexibility index (Phi) is 8.21. The Hall–Kier alpha value is -1.97. The number of hydrogen-bond donors (Lipinski definition) is 2. The second-order valence-electron chi connectivity index (χ2n) is 6.15. The maximum Gasteiger partial charge on any atom is 0.272 e. The minimum atomic E-state index is -2.55. The summed E-state index contributed by atoms with van der Waals surface area (Å²) in [5.74, 6) is 0.425. The van der Waals surface area contributed by atoms with Crippen LogP contribution in [0.15, 0.2) is 41.5 Å². The van der Waals surface area contributed by atoms with Crippen LogP contribution < -0.4 is 15.8 Å². The molecule has 0 atom stereocenters. The number of nitrogens with zero attached hydrogens (tertiary/aromatic N) is 2. The average Bonchev–Trinajstić information content (AvgIpc) is 2.65. The number of nitrogens with two attached hydrogens (primary N) is 1. The molecule has 27 heavy (non-hydrogen) atoms. The molecule has 0 aliphatic heterocycles. The van der Waals surface area contributed by atoms with E-state index in [4.69, 9.17) is 10.5 Å². The Morgan fingerprint density at radius 3 is 2.85 bits per heavy atom. The van der Waals surface area contributed by atoms with Crippen molar-refractivity contribution in [3.8, 4) is 5.88 Å². The van der Waals surface area contributed by atoms with Crippen LogP contribution in [-0.2, 0) is 19.4 Å². The number of aliphatic imine (C=N–C) groups is 1. The van der Waals surface area contributed by atoms with Crippen LogP contribution in [0.3, 0.4) is 0 Å². The van der Waals surface area contributed by atoms with Gasteiger partial charge in [0.15, 0.2) is 12.6 Å². The Morgan fingerprint density at radius 2 is 2.04 bits per heavy atom. The molecule has 0 bridgehead atoms. The van der Waals surface area contributed by atoms with Crippen molar-refractivity contribution in [2.24, 2.45) is 10.7 Å². The summed E-state index contributed by atoms with van der Waals surface area (Å²) < 4.78 is 29.7. The molecule has 1 aliphatic rings. The fourth-order valence-corrected chi connectivity index (χ4v) is 3.06. The highest BCUT2D eigenvalue weighted by Gasteiger charge is 2.13. The monoisotopic (exact) mass is 488 g/mol. The molecule has 0 spiro atoms. The fourth-order valence-electron chi connectivity index (χ4n) is 3.06. The van der Waals surface area contributed by atoms with E-state index in [9.17, 15) is 8.78 Å². The third-order valence-corrected chi connectivity index (χ3v) is 4.27. The van der Waals surface area contributed by atoms with Crippen LogP contribution in [0, 0.1) is 0 Å². The van der Waals surface area contributed by atoms with Gasteiger partial charge in [0.2, 0.25) is 5.88 Å². The number of guanidine groups is 1. The summed E-state index contributed by atoms with van der Waals surface area (Å²) in [6.07, 6.45) is 3.43. The van der Waals surface area contributed by atoms with E-state index in [0.29, 0.717) is 5.56 Å². The second kappa shape index (κ2) is 10.4. The van der Waals surface area contributed by atoms with Gasteiger partial charge >= 0.3 is 0 Å². The van der Waals surface area contributed by atoms with Crippen molar-refractivity contribution in [2.75, 3.05) is 11.9 Å². The van der Waals surface area contributed by atoms with Crippen molar-refractivity contribution in [1.82, 2.24) is 4.98 Å². The maximum atomic E-state index is 12.3. The zero-order valence-corrected chi connectivity index (χ0v) is 17.2. The minimum Gasteiger partial charge on any atom is -0.471 e. The summed E-state index contributed by atoms with van der Waals surface area (Å²) in [6.45, 7) is -0.502. The van der Waals surface area contributed by atoms with Crippen LogP contribution in [0.4, 0.5) is 14.5 Å². The molecule has 3 rings (SSSR count). The molecule has 0 amide bonds. The molecular weight excluding hydrogens is 465 g/mol. The van der Waals surface area contributed by atoms with Gasteiger partial charge in [-0.1, -0.05) is 18.2 Å². The Bertz CT molecular complexity index is 786. The lowest BCUT2D eigenvalue weighted by molar-refractivity contribution is 0.0791. The van der Waals surface area contributed by atoms with Gasteiger partial charge in [0.1, 0.15) is 0 Å². The van der Waals surface area contributed by atoms with E-state index in [1.165, 1.54) is 30.2 Å². The number of alkyl halides is 2. The maximum absolute atomic E-state index is 12.3. The summed E-state index contributed by atoms with van der Waals surface area (Å²) in [5, 5.41) is 3.16. The molecule has 2 aromatic rings. The summed E-state index contributed by atoms with van der Waals surface area (Å²) in [6, 6.07) is 9.59. The molecule has 3 N–H and O–H groups in total. The van der Waals surface area contributed by atoms with Crippen LogP contribution in [-0.4, -0.2) is 24.0 Å². The number of fused-ring (bicyclic) bond motifs is 1. The van der Waals surface area contributed by atoms with Gasteiger partial charge in [0.05, 0.1) is 6.54 Å². The number of aryl methyl sites for hydroxylation is 1. The van der Waals surface area contributed by atoms with E-state index < -0.39 is 13.0 Å². The third-order valence-electron chi connectivity index (χ3n) is 4.27. The summed E-state index contributed by atoms with van der Waals surface area (Å²) in [7, 11) is 0. The van der Waals surface area contributed by atoms with Crippen LogP contribution in [0.1, 0.15) is 29.5 Å².